The minimum absolute atomic E-state index is 0.0773. The van der Waals surface area contributed by atoms with Crippen molar-refractivity contribution in [3.8, 4) is 0 Å². The van der Waals surface area contributed by atoms with Crippen LogP contribution in [0.2, 0.25) is 0 Å². The van der Waals surface area contributed by atoms with E-state index in [9.17, 15) is 43.5 Å². The molecule has 5 atom stereocenters. The van der Waals surface area contributed by atoms with E-state index in [0.29, 0.717) is 19.3 Å². The Balaban J connectivity index is 4.56. The van der Waals surface area contributed by atoms with Gasteiger partial charge in [0.1, 0.15) is 25.4 Å². The average molecular weight is 1670 g/mol. The van der Waals surface area contributed by atoms with E-state index >= 15 is 0 Å². The van der Waals surface area contributed by atoms with Gasteiger partial charge >= 0.3 is 33.6 Å². The lowest BCUT2D eigenvalue weighted by Crippen LogP contribution is -2.30. The van der Waals surface area contributed by atoms with Crippen LogP contribution in [0.3, 0.4) is 0 Å². The second-order valence-corrected chi connectivity index (χ2v) is 33.2. The molecule has 117 heavy (non-hydrogen) atoms. The van der Waals surface area contributed by atoms with Crippen LogP contribution in [0, 0.1) is 0 Å². The van der Waals surface area contributed by atoms with Gasteiger partial charge in [-0.15, -0.1) is 0 Å². The monoisotopic (exact) mass is 1670 g/mol. The third kappa shape index (κ3) is 91.2. The molecule has 4 N–H and O–H groups in total. The van der Waals surface area contributed by atoms with Crippen molar-refractivity contribution < 1.29 is 75.8 Å². The van der Waals surface area contributed by atoms with Crippen molar-refractivity contribution in [2.45, 2.75) is 386 Å². The Hall–Kier alpha value is -5.35. The average Bonchev–Trinajstić information content (AvgIpc) is 0.900. The summed E-state index contributed by atoms with van der Waals surface area (Å²) in [6.45, 7) is 2.43. The topological polar surface area (TPSA) is 231 Å². The number of carbonyl (C=O) groups excluding carboxylic acids is 3. The van der Waals surface area contributed by atoms with Crippen LogP contribution in [0.1, 0.15) is 367 Å². The van der Waals surface area contributed by atoms with Crippen LogP contribution in [0.15, 0.2) is 182 Å². The van der Waals surface area contributed by atoms with Gasteiger partial charge in [-0.1, -0.05) is 370 Å². The Morgan fingerprint density at radius 2 is 0.453 bits per heavy atom. The molecule has 0 rings (SSSR count). The van der Waals surface area contributed by atoms with Crippen molar-refractivity contribution in [1.82, 2.24) is 0 Å². The first-order valence-corrected chi connectivity index (χ1v) is 49.1. The maximum absolute atomic E-state index is 13.1. The maximum atomic E-state index is 13.1. The number of allylic oxidation sites excluding steroid dienone is 30. The molecule has 668 valence electrons. The molecule has 0 bridgehead atoms. The zero-order chi connectivity index (χ0) is 85.1. The molecule has 0 aromatic rings. The number of rotatable bonds is 86. The highest BCUT2D eigenvalue weighted by Gasteiger charge is 2.29. The SMILES string of the molecule is CC/C=C\C/C=C\C/C=C\C/C=C\C/C=C\C/C=C\CCCCCCCCCCCCCCCCCCC(=O)OCC(O)COP(=O)(O)OCC(O)COP(=O)(O)OCC(COC(=O)CCCCCCCCCCC/C=C\C/C=C\C/C=C\C/C=C\C/C=C\CC)OC(=O)CCCCCCC/C=C\C/C=C\C/C=C\C/C=C\CCCCC. The molecule has 16 nitrogen and oxygen atoms in total. The summed E-state index contributed by atoms with van der Waals surface area (Å²) in [6, 6.07) is 0. The molecule has 0 amide bonds. The summed E-state index contributed by atoms with van der Waals surface area (Å²) >= 11 is 0. The number of hydrogen-bond acceptors (Lipinski definition) is 14. The summed E-state index contributed by atoms with van der Waals surface area (Å²) in [7, 11) is -9.82. The lowest BCUT2D eigenvalue weighted by Gasteiger charge is -2.21. The number of phosphoric ester groups is 2. The summed E-state index contributed by atoms with van der Waals surface area (Å²) < 4.78 is 61.4. The molecule has 18 heteroatoms. The van der Waals surface area contributed by atoms with Gasteiger partial charge in [-0.25, -0.2) is 9.13 Å². The molecule has 5 unspecified atom stereocenters. The molecule has 0 spiro atoms. The second kappa shape index (κ2) is 89.9. The van der Waals surface area contributed by atoms with Crippen LogP contribution in [-0.2, 0) is 55.8 Å². The maximum Gasteiger partial charge on any atom is 0.472 e. The number of esters is 3. The molecular weight excluding hydrogens is 1510 g/mol. The Kier molecular flexibility index (Phi) is 85.8. The van der Waals surface area contributed by atoms with Crippen molar-refractivity contribution in [2.75, 3.05) is 39.6 Å². The zero-order valence-electron chi connectivity index (χ0n) is 73.6. The van der Waals surface area contributed by atoms with Crippen molar-refractivity contribution in [2.24, 2.45) is 0 Å². The molecular formula is C99H166O16P2. The van der Waals surface area contributed by atoms with Crippen LogP contribution < -0.4 is 0 Å². The number of hydrogen-bond donors (Lipinski definition) is 4. The summed E-state index contributed by atoms with van der Waals surface area (Å²) in [6.07, 6.45) is 118. The van der Waals surface area contributed by atoms with Crippen molar-refractivity contribution in [3.05, 3.63) is 182 Å². The Labute approximate surface area is 713 Å². The van der Waals surface area contributed by atoms with Crippen LogP contribution in [0.25, 0.3) is 0 Å². The van der Waals surface area contributed by atoms with Crippen molar-refractivity contribution in [1.29, 1.82) is 0 Å². The first-order valence-electron chi connectivity index (χ1n) is 46.1. The van der Waals surface area contributed by atoms with Gasteiger partial charge in [-0.05, 0) is 161 Å². The predicted octanol–water partition coefficient (Wildman–Crippen LogP) is 28.4. The van der Waals surface area contributed by atoms with E-state index in [1.165, 1.54) is 128 Å². The van der Waals surface area contributed by atoms with E-state index in [1.54, 1.807) is 0 Å². The largest absolute Gasteiger partial charge is 0.472 e. The number of aliphatic hydroxyl groups is 2. The van der Waals surface area contributed by atoms with Crippen molar-refractivity contribution in [3.63, 3.8) is 0 Å². The Bertz CT molecular complexity index is 2860. The van der Waals surface area contributed by atoms with Crippen LogP contribution in [-0.4, -0.2) is 95.9 Å². The summed E-state index contributed by atoms with van der Waals surface area (Å²) in [5.74, 6) is -1.60. The van der Waals surface area contributed by atoms with Crippen LogP contribution in [0.4, 0.5) is 0 Å². The second-order valence-electron chi connectivity index (χ2n) is 30.3. The number of ether oxygens (including phenoxy) is 3. The van der Waals surface area contributed by atoms with Crippen molar-refractivity contribution >= 4 is 33.6 Å². The smallest absolute Gasteiger partial charge is 0.463 e. The Morgan fingerprint density at radius 1 is 0.248 bits per heavy atom. The molecule has 0 aliphatic heterocycles. The number of phosphoric acid groups is 2. The highest BCUT2D eigenvalue weighted by molar-refractivity contribution is 7.47. The highest BCUT2D eigenvalue weighted by atomic mass is 31.2. The highest BCUT2D eigenvalue weighted by Crippen LogP contribution is 2.45. The standard InChI is InChI=1S/C99H166O16P2/c1-4-7-10-13-16-19-22-25-28-31-34-37-39-41-42-43-44-45-46-47-48-49-50-52-54-56-58-61-64-67-70-73-76-79-82-85-97(102)109-88-94(100)89-111-116(105,106)112-90-95(101)91-113-117(107,108)114-93-96(115-99(104)87-84-81-78-75-72-69-66-63-60-55-36-33-30-27-24-21-18-15-12-9-6-3)92-110-98(103)86-83-80-77-74-71-68-65-62-59-57-53-51-40-38-35-32-29-26-23-20-17-14-11-8-5-2/h7-8,10-11,16-21,25-30,34-38,41-42,44-45,51,53,55,63,66,94-96,100-101H,4-6,9,12-15,22-24,31-33,39-40,43,46-50,52,54,56-62,64-65,67-93H2,1-3H3,(H,105,106)(H,107,108)/b10-7-,11-8-,19-16-,20-17-,21-18-,28-25-,29-26-,30-27-,37-34-,38-35-,42-41-,45-44-,53-51-,55-36-,66-63-. The van der Waals surface area contributed by atoms with E-state index in [4.69, 9.17) is 32.3 Å². The fourth-order valence-electron chi connectivity index (χ4n) is 12.2. The Morgan fingerprint density at radius 3 is 0.718 bits per heavy atom. The minimum Gasteiger partial charge on any atom is -0.463 e. The summed E-state index contributed by atoms with van der Waals surface area (Å²) in [5.41, 5.74) is 0. The summed E-state index contributed by atoms with van der Waals surface area (Å²) in [5, 5.41) is 20.7. The van der Waals surface area contributed by atoms with E-state index in [1.807, 2.05) is 0 Å². The molecule has 0 aliphatic carbocycles. The molecule has 0 aromatic carbocycles. The first kappa shape index (κ1) is 112. The van der Waals surface area contributed by atoms with Gasteiger partial charge in [-0.2, -0.15) is 0 Å². The zero-order valence-corrected chi connectivity index (χ0v) is 75.4. The number of unbranched alkanes of at least 4 members (excludes halogenated alkanes) is 33. The molecule has 0 heterocycles. The van der Waals surface area contributed by atoms with Crippen LogP contribution in [0.5, 0.6) is 0 Å². The van der Waals surface area contributed by atoms with Gasteiger partial charge in [0, 0.05) is 19.3 Å². The van der Waals surface area contributed by atoms with Gasteiger partial charge in [0.05, 0.1) is 26.4 Å². The molecule has 0 saturated carbocycles. The van der Waals surface area contributed by atoms with Gasteiger partial charge in [-0.3, -0.25) is 32.5 Å². The first-order chi connectivity index (χ1) is 57.2. The fourth-order valence-corrected chi connectivity index (χ4v) is 13.8. The minimum atomic E-state index is -4.95. The van der Waals surface area contributed by atoms with E-state index in [-0.39, 0.29) is 19.3 Å². The van der Waals surface area contributed by atoms with E-state index in [2.05, 4.69) is 203 Å². The van der Waals surface area contributed by atoms with Gasteiger partial charge in [0.15, 0.2) is 6.10 Å². The van der Waals surface area contributed by atoms with E-state index < -0.39 is 91.5 Å². The third-order valence-corrected chi connectivity index (χ3v) is 21.0. The lowest BCUT2D eigenvalue weighted by atomic mass is 10.0. The number of aliphatic hydroxyl groups excluding tert-OH is 2. The van der Waals surface area contributed by atoms with Crippen LogP contribution >= 0.6 is 15.6 Å². The van der Waals surface area contributed by atoms with Gasteiger partial charge in [0.2, 0.25) is 0 Å². The lowest BCUT2D eigenvalue weighted by molar-refractivity contribution is -0.161. The van der Waals surface area contributed by atoms with Gasteiger partial charge < -0.3 is 34.2 Å². The summed E-state index contributed by atoms with van der Waals surface area (Å²) in [4.78, 5) is 59.0. The fraction of sp³-hybridized carbons (Fsp3) is 0.667. The van der Waals surface area contributed by atoms with Gasteiger partial charge in [0.25, 0.3) is 0 Å². The van der Waals surface area contributed by atoms with E-state index in [0.717, 1.165) is 180 Å². The molecule has 0 fully saturated rings. The quantitative estimate of drug-likeness (QED) is 0.0146. The normalized spacial score (nSPS) is 14.6. The third-order valence-electron chi connectivity index (χ3n) is 19.1. The molecule has 0 saturated heterocycles. The molecule has 0 aromatic heterocycles. The number of carbonyl (C=O) groups is 3. The molecule has 0 radical (unpaired) electrons. The molecule has 0 aliphatic rings. The predicted molar refractivity (Wildman–Crippen MR) is 491 cm³/mol.